The summed E-state index contributed by atoms with van der Waals surface area (Å²) in [6, 6.07) is 15.6. The number of amides is 1. The van der Waals surface area contributed by atoms with E-state index in [1.54, 1.807) is 10.7 Å². The summed E-state index contributed by atoms with van der Waals surface area (Å²) in [7, 11) is -3.60. The summed E-state index contributed by atoms with van der Waals surface area (Å²) in [6.45, 7) is 5.27. The highest BCUT2D eigenvalue weighted by molar-refractivity contribution is 7.89. The number of aromatic nitrogens is 2. The number of carbonyl (C=O) groups is 1. The van der Waals surface area contributed by atoms with Crippen molar-refractivity contribution in [3.63, 3.8) is 0 Å². The average Bonchev–Trinajstić information content (AvgIpc) is 3.15. The number of anilines is 1. The number of sulfonamides is 1. The zero-order valence-corrected chi connectivity index (χ0v) is 18.2. The maximum atomic E-state index is 12.8. The number of nitrogens with one attached hydrogen (secondary N) is 1. The summed E-state index contributed by atoms with van der Waals surface area (Å²) >= 11 is 0. The summed E-state index contributed by atoms with van der Waals surface area (Å²) in [6.07, 6.45) is 0. The van der Waals surface area contributed by atoms with E-state index in [0.29, 0.717) is 37.7 Å². The first-order valence-corrected chi connectivity index (χ1v) is 11.4. The average molecular weight is 441 g/mol. The fourth-order valence-electron chi connectivity index (χ4n) is 3.37. The number of ether oxygens (including phenoxy) is 1. The van der Waals surface area contributed by atoms with Crippen molar-refractivity contribution in [1.29, 1.82) is 0 Å². The zero-order valence-electron chi connectivity index (χ0n) is 17.4. The van der Waals surface area contributed by atoms with Gasteiger partial charge in [0, 0.05) is 24.7 Å². The predicted molar refractivity (Wildman–Crippen MR) is 117 cm³/mol. The van der Waals surface area contributed by atoms with Gasteiger partial charge >= 0.3 is 0 Å². The van der Waals surface area contributed by atoms with E-state index in [2.05, 4.69) is 10.4 Å². The van der Waals surface area contributed by atoms with Gasteiger partial charge in [-0.3, -0.25) is 4.79 Å². The van der Waals surface area contributed by atoms with Crippen molar-refractivity contribution in [2.24, 2.45) is 0 Å². The maximum Gasteiger partial charge on any atom is 0.256 e. The summed E-state index contributed by atoms with van der Waals surface area (Å²) in [5, 5.41) is 7.33. The van der Waals surface area contributed by atoms with Crippen molar-refractivity contribution in [2.45, 2.75) is 18.7 Å². The van der Waals surface area contributed by atoms with Crippen molar-refractivity contribution in [3.8, 4) is 5.69 Å². The number of hydrogen-bond acceptors (Lipinski definition) is 5. The van der Waals surface area contributed by atoms with Crippen LogP contribution >= 0.6 is 0 Å². The quantitative estimate of drug-likeness (QED) is 0.659. The summed E-state index contributed by atoms with van der Waals surface area (Å²) in [5.41, 5.74) is 3.09. The number of benzene rings is 2. The molecule has 1 saturated heterocycles. The number of hydrogen-bond donors (Lipinski definition) is 1. The first-order chi connectivity index (χ1) is 14.8. The van der Waals surface area contributed by atoms with Gasteiger partial charge in [0.05, 0.1) is 29.5 Å². The van der Waals surface area contributed by atoms with Crippen molar-refractivity contribution in [1.82, 2.24) is 14.1 Å². The number of nitrogens with zero attached hydrogens (tertiary/aromatic N) is 3. The maximum absolute atomic E-state index is 12.8. The fraction of sp³-hybridized carbons (Fsp3) is 0.273. The molecular formula is C22H24N4O4S. The minimum atomic E-state index is -3.60. The van der Waals surface area contributed by atoms with Gasteiger partial charge in [0.15, 0.2) is 0 Å². The Morgan fingerprint density at radius 2 is 1.65 bits per heavy atom. The Balaban J connectivity index is 1.53. The van der Waals surface area contributed by atoms with Gasteiger partial charge in [-0.05, 0) is 50.2 Å². The Bertz CT molecular complexity index is 1180. The van der Waals surface area contributed by atoms with E-state index in [9.17, 15) is 13.2 Å². The Kier molecular flexibility index (Phi) is 5.90. The van der Waals surface area contributed by atoms with Crippen LogP contribution in [0.1, 0.15) is 21.6 Å². The van der Waals surface area contributed by atoms with E-state index in [-0.39, 0.29) is 10.8 Å². The predicted octanol–water partition coefficient (Wildman–Crippen LogP) is 2.76. The van der Waals surface area contributed by atoms with E-state index < -0.39 is 10.0 Å². The van der Waals surface area contributed by atoms with Crippen LogP contribution in [0.15, 0.2) is 59.5 Å². The Morgan fingerprint density at radius 3 is 2.29 bits per heavy atom. The Hall–Kier alpha value is -3.01. The molecule has 1 aliphatic rings. The molecule has 162 valence electrons. The van der Waals surface area contributed by atoms with Crippen molar-refractivity contribution in [2.75, 3.05) is 31.6 Å². The van der Waals surface area contributed by atoms with Gasteiger partial charge in [0.2, 0.25) is 10.0 Å². The molecule has 1 N–H and O–H groups in total. The zero-order chi connectivity index (χ0) is 22.0. The van der Waals surface area contributed by atoms with Crippen LogP contribution in [-0.4, -0.2) is 54.7 Å². The SMILES string of the molecule is Cc1ccc(-n2nc(C)cc2NC(=O)c2ccc(S(=O)(=O)N3CCOCC3)cc2)cc1. The number of morpholine rings is 1. The van der Waals surface area contributed by atoms with Crippen LogP contribution in [0.4, 0.5) is 5.82 Å². The van der Waals surface area contributed by atoms with Gasteiger partial charge in [-0.25, -0.2) is 13.1 Å². The topological polar surface area (TPSA) is 93.5 Å². The van der Waals surface area contributed by atoms with Gasteiger partial charge in [-0.2, -0.15) is 9.40 Å². The number of rotatable bonds is 5. The first-order valence-electron chi connectivity index (χ1n) is 9.97. The van der Waals surface area contributed by atoms with Gasteiger partial charge in [-0.15, -0.1) is 0 Å². The molecule has 1 fully saturated rings. The van der Waals surface area contributed by atoms with Gasteiger partial charge in [-0.1, -0.05) is 17.7 Å². The molecule has 8 nitrogen and oxygen atoms in total. The minimum absolute atomic E-state index is 0.159. The lowest BCUT2D eigenvalue weighted by Gasteiger charge is -2.26. The van der Waals surface area contributed by atoms with Gasteiger partial charge in [0.25, 0.3) is 5.91 Å². The van der Waals surface area contributed by atoms with Gasteiger partial charge < -0.3 is 10.1 Å². The highest BCUT2D eigenvalue weighted by Crippen LogP contribution is 2.20. The molecular weight excluding hydrogens is 416 g/mol. The number of aryl methyl sites for hydroxylation is 2. The smallest absolute Gasteiger partial charge is 0.256 e. The lowest BCUT2D eigenvalue weighted by Crippen LogP contribution is -2.40. The molecule has 2 heterocycles. The molecule has 0 bridgehead atoms. The second-order valence-corrected chi connectivity index (χ2v) is 9.35. The first kappa shape index (κ1) is 21.2. The van der Waals surface area contributed by atoms with Crippen LogP contribution in [0.3, 0.4) is 0 Å². The molecule has 0 saturated carbocycles. The standard InChI is InChI=1S/C22H24N4O4S/c1-16-3-7-19(8-4-16)26-21(15-17(2)24-26)23-22(27)18-5-9-20(10-6-18)31(28,29)25-11-13-30-14-12-25/h3-10,15H,11-14H2,1-2H3,(H,23,27). The summed E-state index contributed by atoms with van der Waals surface area (Å²) < 4.78 is 33.8. The third kappa shape index (κ3) is 4.53. The second-order valence-electron chi connectivity index (χ2n) is 7.41. The van der Waals surface area contributed by atoms with Gasteiger partial charge in [0.1, 0.15) is 5.82 Å². The van der Waals surface area contributed by atoms with Crippen molar-refractivity contribution >= 4 is 21.7 Å². The molecule has 2 aromatic carbocycles. The molecule has 0 radical (unpaired) electrons. The Morgan fingerprint density at radius 1 is 1.00 bits per heavy atom. The minimum Gasteiger partial charge on any atom is -0.379 e. The van der Waals surface area contributed by atoms with E-state index in [1.165, 1.54) is 28.6 Å². The van der Waals surface area contributed by atoms with Crippen LogP contribution in [0.25, 0.3) is 5.69 Å². The highest BCUT2D eigenvalue weighted by atomic mass is 32.2. The molecule has 0 unspecified atom stereocenters. The molecule has 4 rings (SSSR count). The highest BCUT2D eigenvalue weighted by Gasteiger charge is 2.26. The van der Waals surface area contributed by atoms with E-state index in [0.717, 1.165) is 16.9 Å². The third-order valence-corrected chi connectivity index (χ3v) is 6.99. The lowest BCUT2D eigenvalue weighted by molar-refractivity contribution is 0.0730. The molecule has 0 atom stereocenters. The van der Waals surface area contributed by atoms with Crippen LogP contribution < -0.4 is 5.32 Å². The summed E-state index contributed by atoms with van der Waals surface area (Å²) in [5.74, 6) is 0.194. The normalized spacial score (nSPS) is 15.0. The third-order valence-electron chi connectivity index (χ3n) is 5.08. The van der Waals surface area contributed by atoms with Crippen LogP contribution in [0.2, 0.25) is 0 Å². The van der Waals surface area contributed by atoms with E-state index in [4.69, 9.17) is 4.74 Å². The largest absolute Gasteiger partial charge is 0.379 e. The van der Waals surface area contributed by atoms with Crippen molar-refractivity contribution < 1.29 is 17.9 Å². The molecule has 1 amide bonds. The van der Waals surface area contributed by atoms with Crippen molar-refractivity contribution in [3.05, 3.63) is 71.4 Å². The molecule has 1 aliphatic heterocycles. The fourth-order valence-corrected chi connectivity index (χ4v) is 4.78. The monoisotopic (exact) mass is 440 g/mol. The summed E-state index contributed by atoms with van der Waals surface area (Å²) in [4.78, 5) is 13.0. The molecule has 31 heavy (non-hydrogen) atoms. The lowest BCUT2D eigenvalue weighted by atomic mass is 10.2. The number of carbonyl (C=O) groups excluding carboxylic acids is 1. The van der Waals surface area contributed by atoms with Crippen LogP contribution in [0.5, 0.6) is 0 Å². The van der Waals surface area contributed by atoms with E-state index >= 15 is 0 Å². The molecule has 3 aromatic rings. The van der Waals surface area contributed by atoms with Crippen LogP contribution in [0, 0.1) is 13.8 Å². The van der Waals surface area contributed by atoms with E-state index in [1.807, 2.05) is 38.1 Å². The molecule has 0 aliphatic carbocycles. The van der Waals surface area contributed by atoms with Crippen LogP contribution in [-0.2, 0) is 14.8 Å². The second kappa shape index (κ2) is 8.62. The molecule has 1 aromatic heterocycles. The molecule has 0 spiro atoms. The Labute approximate surface area is 181 Å². The molecule has 9 heteroatoms.